The van der Waals surface area contributed by atoms with Crippen molar-refractivity contribution in [2.75, 3.05) is 13.1 Å². The van der Waals surface area contributed by atoms with Crippen LogP contribution in [0.2, 0.25) is 0 Å². The number of carboxylic acids is 1. The van der Waals surface area contributed by atoms with Crippen molar-refractivity contribution < 1.29 is 14.7 Å². The van der Waals surface area contributed by atoms with E-state index in [1.165, 1.54) is 0 Å². The number of aryl methyl sites for hydroxylation is 1. The number of allylic oxidation sites excluding steroid dienone is 2. The molecule has 1 aliphatic rings. The predicted molar refractivity (Wildman–Crippen MR) is 91.4 cm³/mol. The van der Waals surface area contributed by atoms with Gasteiger partial charge in [0.15, 0.2) is 0 Å². The second-order valence-electron chi connectivity index (χ2n) is 6.89. The third-order valence-electron chi connectivity index (χ3n) is 4.65. The summed E-state index contributed by atoms with van der Waals surface area (Å²) in [4.78, 5) is 30.0. The molecule has 1 aromatic rings. The molecule has 132 valence electrons. The Balaban J connectivity index is 1.93. The Morgan fingerprint density at radius 1 is 1.38 bits per heavy atom. The van der Waals surface area contributed by atoms with Gasteiger partial charge < -0.3 is 14.6 Å². The number of hydrogen-bond acceptors (Lipinski definition) is 3. The highest BCUT2D eigenvalue weighted by Crippen LogP contribution is 2.35. The summed E-state index contributed by atoms with van der Waals surface area (Å²) in [6.45, 7) is 5.67. The van der Waals surface area contributed by atoms with Crippen molar-refractivity contribution in [3.05, 3.63) is 30.4 Å². The number of carbonyl (C=O) groups is 2. The van der Waals surface area contributed by atoms with E-state index in [1.807, 2.05) is 30.7 Å². The summed E-state index contributed by atoms with van der Waals surface area (Å²) in [7, 11) is 0. The summed E-state index contributed by atoms with van der Waals surface area (Å²) in [5, 5.41) is 9.72. The van der Waals surface area contributed by atoms with Crippen molar-refractivity contribution in [3.63, 3.8) is 0 Å². The first-order chi connectivity index (χ1) is 11.4. The quantitative estimate of drug-likeness (QED) is 0.779. The maximum absolute atomic E-state index is 12.5. The highest BCUT2D eigenvalue weighted by Gasteiger charge is 2.42. The van der Waals surface area contributed by atoms with Gasteiger partial charge in [-0.1, -0.05) is 11.6 Å². The van der Waals surface area contributed by atoms with Crippen LogP contribution in [0, 0.1) is 5.41 Å². The van der Waals surface area contributed by atoms with Crippen LogP contribution in [0.5, 0.6) is 0 Å². The SMILES string of the molecule is CC(C)=CC[C@]1(C(=O)O)CCCN(C(=O)CCCn2ccnc2)C1. The van der Waals surface area contributed by atoms with Crippen LogP contribution in [-0.4, -0.2) is 44.5 Å². The lowest BCUT2D eigenvalue weighted by Gasteiger charge is -2.39. The summed E-state index contributed by atoms with van der Waals surface area (Å²) in [5.74, 6) is -0.742. The van der Waals surface area contributed by atoms with E-state index in [0.29, 0.717) is 32.4 Å². The summed E-state index contributed by atoms with van der Waals surface area (Å²) >= 11 is 0. The van der Waals surface area contributed by atoms with Crippen molar-refractivity contribution in [3.8, 4) is 0 Å². The fourth-order valence-corrected chi connectivity index (χ4v) is 3.16. The number of likely N-dealkylation sites (tertiary alicyclic amines) is 1. The Morgan fingerprint density at radius 2 is 2.17 bits per heavy atom. The van der Waals surface area contributed by atoms with E-state index in [1.54, 1.807) is 17.4 Å². The van der Waals surface area contributed by atoms with E-state index < -0.39 is 11.4 Å². The first-order valence-electron chi connectivity index (χ1n) is 8.53. The molecule has 0 spiro atoms. The first-order valence-corrected chi connectivity index (χ1v) is 8.53. The Bertz CT molecular complexity index is 591. The zero-order valence-electron chi connectivity index (χ0n) is 14.6. The molecule has 1 aromatic heterocycles. The molecule has 1 atom stereocenters. The maximum atomic E-state index is 12.5. The number of rotatable bonds is 7. The van der Waals surface area contributed by atoms with Crippen LogP contribution in [-0.2, 0) is 16.1 Å². The smallest absolute Gasteiger partial charge is 0.311 e. The second-order valence-corrected chi connectivity index (χ2v) is 6.89. The highest BCUT2D eigenvalue weighted by atomic mass is 16.4. The largest absolute Gasteiger partial charge is 0.481 e. The molecule has 2 heterocycles. The Labute approximate surface area is 143 Å². The predicted octanol–water partition coefficient (Wildman–Crippen LogP) is 2.71. The van der Waals surface area contributed by atoms with Crippen molar-refractivity contribution >= 4 is 11.9 Å². The normalized spacial score (nSPS) is 20.7. The molecular weight excluding hydrogens is 306 g/mol. The van der Waals surface area contributed by atoms with E-state index >= 15 is 0 Å². The molecule has 6 nitrogen and oxygen atoms in total. The van der Waals surface area contributed by atoms with Crippen molar-refractivity contribution in [1.29, 1.82) is 0 Å². The molecule has 0 unspecified atom stereocenters. The van der Waals surface area contributed by atoms with Crippen LogP contribution >= 0.6 is 0 Å². The third-order valence-corrected chi connectivity index (χ3v) is 4.65. The second kappa shape index (κ2) is 8.13. The molecule has 2 rings (SSSR count). The molecular formula is C18H27N3O3. The third kappa shape index (κ3) is 4.69. The zero-order valence-corrected chi connectivity index (χ0v) is 14.6. The van der Waals surface area contributed by atoms with Gasteiger partial charge in [-0.25, -0.2) is 4.98 Å². The van der Waals surface area contributed by atoms with Crippen molar-refractivity contribution in [2.45, 2.75) is 52.5 Å². The average molecular weight is 333 g/mol. The summed E-state index contributed by atoms with van der Waals surface area (Å²) in [6, 6.07) is 0. The van der Waals surface area contributed by atoms with E-state index in [2.05, 4.69) is 4.98 Å². The van der Waals surface area contributed by atoms with E-state index in [9.17, 15) is 14.7 Å². The Kier molecular flexibility index (Phi) is 6.17. The molecule has 24 heavy (non-hydrogen) atoms. The van der Waals surface area contributed by atoms with Crippen LogP contribution in [0.1, 0.15) is 46.0 Å². The number of carboxylic acid groups (broad SMARTS) is 1. The summed E-state index contributed by atoms with van der Waals surface area (Å²) in [5.41, 5.74) is 0.273. The molecule has 1 aliphatic heterocycles. The molecule has 1 fully saturated rings. The van der Waals surface area contributed by atoms with E-state index in [-0.39, 0.29) is 5.91 Å². The monoisotopic (exact) mass is 333 g/mol. The molecule has 0 radical (unpaired) electrons. The fourth-order valence-electron chi connectivity index (χ4n) is 3.16. The lowest BCUT2D eigenvalue weighted by atomic mass is 9.76. The Hall–Kier alpha value is -2.11. The van der Waals surface area contributed by atoms with Gasteiger partial charge in [0, 0.05) is 38.4 Å². The molecule has 1 saturated heterocycles. The lowest BCUT2D eigenvalue weighted by molar-refractivity contribution is -0.154. The minimum atomic E-state index is -0.838. The van der Waals surface area contributed by atoms with Crippen LogP contribution in [0.15, 0.2) is 30.4 Å². The number of amides is 1. The number of imidazole rings is 1. The number of nitrogens with zero attached hydrogens (tertiary/aromatic N) is 3. The first kappa shape index (κ1) is 18.2. The van der Waals surface area contributed by atoms with E-state index in [4.69, 9.17) is 0 Å². The highest BCUT2D eigenvalue weighted by molar-refractivity contribution is 5.79. The maximum Gasteiger partial charge on any atom is 0.311 e. The van der Waals surface area contributed by atoms with Gasteiger partial charge in [-0.3, -0.25) is 9.59 Å². The van der Waals surface area contributed by atoms with Crippen LogP contribution < -0.4 is 0 Å². The number of hydrogen-bond donors (Lipinski definition) is 1. The molecule has 0 saturated carbocycles. The van der Waals surface area contributed by atoms with Crippen molar-refractivity contribution in [1.82, 2.24) is 14.5 Å². The van der Waals surface area contributed by atoms with Gasteiger partial charge in [0.2, 0.25) is 5.91 Å². The molecule has 1 amide bonds. The summed E-state index contributed by atoms with van der Waals surface area (Å²) < 4.78 is 1.94. The molecule has 1 N–H and O–H groups in total. The van der Waals surface area contributed by atoms with E-state index in [0.717, 1.165) is 25.0 Å². The van der Waals surface area contributed by atoms with Gasteiger partial charge in [-0.15, -0.1) is 0 Å². The minimum Gasteiger partial charge on any atom is -0.481 e. The van der Waals surface area contributed by atoms with Gasteiger partial charge >= 0.3 is 5.97 Å². The fraction of sp³-hybridized carbons (Fsp3) is 0.611. The zero-order chi connectivity index (χ0) is 17.6. The number of piperidine rings is 1. The summed E-state index contributed by atoms with van der Waals surface area (Å²) in [6.07, 6.45) is 10.3. The van der Waals surface area contributed by atoms with Crippen LogP contribution in [0.4, 0.5) is 0 Å². The van der Waals surface area contributed by atoms with Gasteiger partial charge in [-0.05, 0) is 39.5 Å². The van der Waals surface area contributed by atoms with Gasteiger partial charge in [0.25, 0.3) is 0 Å². The Morgan fingerprint density at radius 3 is 2.79 bits per heavy atom. The molecule has 0 aromatic carbocycles. The minimum absolute atomic E-state index is 0.0534. The lowest BCUT2D eigenvalue weighted by Crippen LogP contribution is -2.49. The molecule has 6 heteroatoms. The van der Waals surface area contributed by atoms with Crippen molar-refractivity contribution in [2.24, 2.45) is 5.41 Å². The van der Waals surface area contributed by atoms with Crippen LogP contribution in [0.3, 0.4) is 0 Å². The molecule has 0 aliphatic carbocycles. The standard InChI is InChI=1S/C18H27N3O3/c1-15(2)6-8-18(17(23)24)7-4-11-21(13-18)16(22)5-3-10-20-12-9-19-14-20/h6,9,12,14H,3-5,7-8,10-11,13H2,1-2H3,(H,23,24)/t18-/m1/s1. The van der Waals surface area contributed by atoms with Gasteiger partial charge in [0.05, 0.1) is 11.7 Å². The molecule has 0 bridgehead atoms. The van der Waals surface area contributed by atoms with Gasteiger partial charge in [0.1, 0.15) is 0 Å². The van der Waals surface area contributed by atoms with Gasteiger partial charge in [-0.2, -0.15) is 0 Å². The topological polar surface area (TPSA) is 75.4 Å². The number of aliphatic carboxylic acids is 1. The average Bonchev–Trinajstić information content (AvgIpc) is 3.06. The number of carbonyl (C=O) groups excluding carboxylic acids is 1. The van der Waals surface area contributed by atoms with Crippen LogP contribution in [0.25, 0.3) is 0 Å². The number of aromatic nitrogens is 2.